The van der Waals surface area contributed by atoms with E-state index in [1.54, 1.807) is 0 Å². The second kappa shape index (κ2) is 4.39. The highest BCUT2D eigenvalue weighted by Gasteiger charge is 2.54. The molecule has 0 aliphatic heterocycles. The van der Waals surface area contributed by atoms with Crippen molar-refractivity contribution in [1.29, 1.82) is 0 Å². The minimum atomic E-state index is -2.65. The minimum absolute atomic E-state index is 1.49. The molecule has 88 valence electrons. The Morgan fingerprint density at radius 2 is 0.875 bits per heavy atom. The minimum Gasteiger partial charge on any atom is -0.230 e. The first-order valence-corrected chi connectivity index (χ1v) is 2.91. The fourth-order valence-electron chi connectivity index (χ4n) is 0.479. The standard InChI is InChI=1S/CN6O9/c8-1(2(4(9)10)5(11)12)3(6(13)14)7(15)16. The molecule has 0 atom stereocenters. The third-order valence-corrected chi connectivity index (χ3v) is 0.961. The topological polar surface area (TPSA) is 196 Å². The van der Waals surface area contributed by atoms with Gasteiger partial charge in [-0.25, -0.2) is 45.3 Å². The second-order valence-electron chi connectivity index (χ2n) is 1.81. The Bertz CT molecular complexity index is 310. The number of hydrogen-bond acceptors (Lipinski definition) is 9. The smallest absolute Gasteiger partial charge is 0.230 e. The second-order valence-corrected chi connectivity index (χ2v) is 1.81. The summed E-state index contributed by atoms with van der Waals surface area (Å²) in [4.78, 5) is 50.4. The molecule has 0 aromatic rings. The van der Waals surface area contributed by atoms with E-state index in [4.69, 9.17) is 0 Å². The van der Waals surface area contributed by atoms with Gasteiger partial charge < -0.3 is 0 Å². The van der Waals surface area contributed by atoms with E-state index >= 15 is 0 Å². The third-order valence-electron chi connectivity index (χ3n) is 0.961. The number of amides is 2. The van der Waals surface area contributed by atoms with Crippen molar-refractivity contribution in [3.8, 4) is 0 Å². The van der Waals surface area contributed by atoms with Crippen LogP contribution in [0.4, 0.5) is 4.79 Å². The average molecular weight is 240 g/mol. The van der Waals surface area contributed by atoms with Gasteiger partial charge in [-0.3, -0.25) is 0 Å². The first-order chi connectivity index (χ1) is 7.20. The van der Waals surface area contributed by atoms with E-state index in [0.29, 0.717) is 0 Å². The van der Waals surface area contributed by atoms with Crippen LogP contribution < -0.4 is 0 Å². The molecule has 15 nitrogen and oxygen atoms in total. The molecule has 0 heterocycles. The molecule has 16 heavy (non-hydrogen) atoms. The van der Waals surface area contributed by atoms with Crippen molar-refractivity contribution in [2.75, 3.05) is 0 Å². The number of carbonyl (C=O) groups excluding carboxylic acids is 1. The van der Waals surface area contributed by atoms with Gasteiger partial charge in [0.05, 0.1) is 0 Å². The highest BCUT2D eigenvalue weighted by molar-refractivity contribution is 5.69. The summed E-state index contributed by atoms with van der Waals surface area (Å²) in [6.07, 6.45) is 0. The van der Waals surface area contributed by atoms with Crippen LogP contribution in [-0.4, -0.2) is 36.4 Å². The molecular weight excluding hydrogens is 240 g/mol. The van der Waals surface area contributed by atoms with Gasteiger partial charge in [-0.15, -0.1) is 0 Å². The molecule has 2 amide bonds. The number of rotatable bonds is 4. The molecule has 0 rings (SSSR count). The lowest BCUT2D eigenvalue weighted by Crippen LogP contribution is -2.53. The van der Waals surface area contributed by atoms with Gasteiger partial charge in [0.1, 0.15) is 0 Å². The van der Waals surface area contributed by atoms with Gasteiger partial charge in [0, 0.05) is 0 Å². The average Bonchev–Trinajstić information content (AvgIpc) is 1.99. The summed E-state index contributed by atoms with van der Waals surface area (Å²) in [5.74, 6) is 0. The van der Waals surface area contributed by atoms with Crippen molar-refractivity contribution < 1.29 is 24.9 Å². The first-order valence-electron chi connectivity index (χ1n) is 2.91. The summed E-state index contributed by atoms with van der Waals surface area (Å²) in [5.41, 5.74) is 0. The van der Waals surface area contributed by atoms with Gasteiger partial charge in [0.2, 0.25) is 20.1 Å². The maximum absolute atomic E-state index is 10.7. The van der Waals surface area contributed by atoms with Crippen LogP contribution in [0.25, 0.3) is 0 Å². The van der Waals surface area contributed by atoms with Crippen molar-refractivity contribution in [3.05, 3.63) is 40.5 Å². The lowest BCUT2D eigenvalue weighted by molar-refractivity contribution is -0.921. The Kier molecular flexibility index (Phi) is 3.53. The molecule has 0 aliphatic rings. The Hall–Kier alpha value is -3.13. The summed E-state index contributed by atoms with van der Waals surface area (Å²) >= 11 is 0. The molecule has 0 unspecified atom stereocenters. The monoisotopic (exact) mass is 240 g/mol. The predicted octanol–water partition coefficient (Wildman–Crippen LogP) is -1.52. The van der Waals surface area contributed by atoms with Crippen molar-refractivity contribution in [2.24, 2.45) is 0 Å². The normalized spacial score (nSPS) is 9.00. The molecule has 0 spiro atoms. The number of urea groups is 1. The first kappa shape index (κ1) is 12.9. The van der Waals surface area contributed by atoms with E-state index in [2.05, 4.69) is 0 Å². The van der Waals surface area contributed by atoms with E-state index in [1.165, 1.54) is 0 Å². The molecule has 0 saturated heterocycles. The van der Waals surface area contributed by atoms with Crippen molar-refractivity contribution in [2.45, 2.75) is 0 Å². The third kappa shape index (κ3) is 2.43. The fourth-order valence-corrected chi connectivity index (χ4v) is 0.479. The Morgan fingerprint density at radius 1 is 0.688 bits per heavy atom. The number of hydrazine groups is 4. The molecule has 0 aliphatic carbocycles. The number of nitro groups is 4. The molecule has 0 saturated carbocycles. The van der Waals surface area contributed by atoms with Crippen LogP contribution in [0.5, 0.6) is 0 Å². The van der Waals surface area contributed by atoms with Crippen LogP contribution in [0, 0.1) is 40.5 Å². The largest absolute Gasteiger partial charge is 0.584 e. The lowest BCUT2D eigenvalue weighted by atomic mass is 11.0. The summed E-state index contributed by atoms with van der Waals surface area (Å²) in [6.45, 7) is 0. The van der Waals surface area contributed by atoms with E-state index in [-0.39, 0.29) is 0 Å². The Balaban J connectivity index is 5.28. The maximum atomic E-state index is 10.7. The highest BCUT2D eigenvalue weighted by Crippen LogP contribution is 2.00. The van der Waals surface area contributed by atoms with Crippen molar-refractivity contribution in [3.63, 3.8) is 0 Å². The summed E-state index contributed by atoms with van der Waals surface area (Å²) in [7, 11) is 0. The number of carbonyl (C=O) groups is 1. The number of hydrogen-bond donors (Lipinski definition) is 0. The molecule has 0 bridgehead atoms. The van der Waals surface area contributed by atoms with Gasteiger partial charge in [-0.2, -0.15) is 0 Å². The van der Waals surface area contributed by atoms with Gasteiger partial charge in [0.25, 0.3) is 10.2 Å². The van der Waals surface area contributed by atoms with Crippen LogP contribution in [0.15, 0.2) is 0 Å². The molecule has 0 fully saturated rings. The molecule has 0 N–H and O–H groups in total. The van der Waals surface area contributed by atoms with E-state index in [0.717, 1.165) is 0 Å². The van der Waals surface area contributed by atoms with Gasteiger partial charge >= 0.3 is 6.03 Å². The van der Waals surface area contributed by atoms with Crippen LogP contribution >= 0.6 is 0 Å². The van der Waals surface area contributed by atoms with E-state index in [9.17, 15) is 45.3 Å². The molecular formula is CN6O9. The molecule has 15 heteroatoms. The lowest BCUT2D eigenvalue weighted by Gasteiger charge is -2.01. The van der Waals surface area contributed by atoms with Gasteiger partial charge in [-0.05, 0) is 0 Å². The molecule has 0 aromatic carbocycles. The predicted molar refractivity (Wildman–Crippen MR) is 37.1 cm³/mol. The molecule has 0 aromatic heterocycles. The zero-order chi connectivity index (χ0) is 13.0. The highest BCUT2D eigenvalue weighted by atomic mass is 16.8. The van der Waals surface area contributed by atoms with Crippen LogP contribution in [0.1, 0.15) is 0 Å². The quantitative estimate of drug-likeness (QED) is 0.413. The van der Waals surface area contributed by atoms with Crippen LogP contribution in [0.3, 0.4) is 0 Å². The van der Waals surface area contributed by atoms with Gasteiger partial charge in [-0.1, -0.05) is 0 Å². The molecule has 0 radical (unpaired) electrons. The number of nitrogens with zero attached hydrogens (tertiary/aromatic N) is 6. The summed E-state index contributed by atoms with van der Waals surface area (Å²) in [5, 5.41) is 28.9. The zero-order valence-electron chi connectivity index (χ0n) is 6.86. The van der Waals surface area contributed by atoms with Crippen molar-refractivity contribution in [1.82, 2.24) is 10.2 Å². The summed E-state index contributed by atoms with van der Waals surface area (Å²) in [6, 6.07) is -2.65. The Labute approximate surface area is 82.9 Å². The SMILES string of the molecule is O=C(N([N+](=O)[O-])[N+](=O)[O-])N([N+](=O)[O-])[N+](=O)[O-]. The zero-order valence-corrected chi connectivity index (χ0v) is 6.86. The Morgan fingerprint density at radius 3 is 1.00 bits per heavy atom. The van der Waals surface area contributed by atoms with Crippen LogP contribution in [-0.2, 0) is 0 Å². The van der Waals surface area contributed by atoms with Crippen molar-refractivity contribution >= 4 is 6.03 Å². The summed E-state index contributed by atoms with van der Waals surface area (Å²) < 4.78 is 0. The van der Waals surface area contributed by atoms with E-state index in [1.807, 2.05) is 0 Å². The van der Waals surface area contributed by atoms with E-state index < -0.39 is 36.4 Å². The van der Waals surface area contributed by atoms with Crippen LogP contribution in [0.2, 0.25) is 0 Å². The van der Waals surface area contributed by atoms with Gasteiger partial charge in [0.15, 0.2) is 0 Å². The fraction of sp³-hybridized carbons (Fsp3) is 0. The maximum Gasteiger partial charge on any atom is 0.584 e.